The first-order valence-corrected chi connectivity index (χ1v) is 6.85. The van der Waals surface area contributed by atoms with Crippen LogP contribution in [-0.4, -0.2) is 11.2 Å². The van der Waals surface area contributed by atoms with Crippen LogP contribution >= 0.6 is 0 Å². The van der Waals surface area contributed by atoms with Gasteiger partial charge in [0.05, 0.1) is 6.04 Å². The standard InChI is InChI=1S/C15H16F3N3O2/c1-8-4-5-9(2)11(6-8)10(3)19-14(22)20-13-7-12(21-23-13)15(16,17)18/h4-7,10H,1-3H3,(H2,19,20,22)/t10-/m1/s1. The lowest BCUT2D eigenvalue weighted by Crippen LogP contribution is -2.31. The van der Waals surface area contributed by atoms with E-state index >= 15 is 0 Å². The molecule has 0 saturated heterocycles. The second-order valence-electron chi connectivity index (χ2n) is 5.25. The number of hydrogen-bond donors (Lipinski definition) is 2. The van der Waals surface area contributed by atoms with Gasteiger partial charge in [-0.1, -0.05) is 28.9 Å². The summed E-state index contributed by atoms with van der Waals surface area (Å²) in [5, 5.41) is 7.69. The van der Waals surface area contributed by atoms with Gasteiger partial charge in [-0.15, -0.1) is 0 Å². The van der Waals surface area contributed by atoms with Gasteiger partial charge in [0.25, 0.3) is 0 Å². The summed E-state index contributed by atoms with van der Waals surface area (Å²) in [5.41, 5.74) is 1.77. The van der Waals surface area contributed by atoms with Gasteiger partial charge in [-0.3, -0.25) is 5.32 Å². The Balaban J connectivity index is 2.02. The molecule has 8 heteroatoms. The molecule has 1 aromatic carbocycles. The number of alkyl halides is 3. The highest BCUT2D eigenvalue weighted by molar-refractivity contribution is 5.88. The number of benzene rings is 1. The Hall–Kier alpha value is -2.51. The molecule has 0 aliphatic carbocycles. The molecule has 0 aliphatic heterocycles. The molecule has 2 rings (SSSR count). The van der Waals surface area contributed by atoms with Gasteiger partial charge in [-0.2, -0.15) is 13.2 Å². The van der Waals surface area contributed by atoms with Crippen molar-refractivity contribution in [1.29, 1.82) is 0 Å². The van der Waals surface area contributed by atoms with E-state index in [4.69, 9.17) is 0 Å². The second kappa shape index (κ2) is 6.31. The number of nitrogens with one attached hydrogen (secondary N) is 2. The molecule has 2 aromatic rings. The van der Waals surface area contributed by atoms with Gasteiger partial charge < -0.3 is 9.84 Å². The van der Waals surface area contributed by atoms with Crippen LogP contribution in [0.1, 0.15) is 35.3 Å². The molecule has 23 heavy (non-hydrogen) atoms. The van der Waals surface area contributed by atoms with Crippen molar-refractivity contribution in [3.8, 4) is 0 Å². The lowest BCUT2D eigenvalue weighted by Gasteiger charge is -2.17. The van der Waals surface area contributed by atoms with Gasteiger partial charge in [0.1, 0.15) is 0 Å². The van der Waals surface area contributed by atoms with Crippen LogP contribution in [0.25, 0.3) is 0 Å². The molecule has 0 bridgehead atoms. The number of aryl methyl sites for hydroxylation is 2. The molecule has 2 N–H and O–H groups in total. The van der Waals surface area contributed by atoms with Crippen LogP contribution < -0.4 is 10.6 Å². The highest BCUT2D eigenvalue weighted by Crippen LogP contribution is 2.29. The fourth-order valence-electron chi connectivity index (χ4n) is 2.12. The van der Waals surface area contributed by atoms with Gasteiger partial charge in [-0.05, 0) is 31.9 Å². The highest BCUT2D eigenvalue weighted by atomic mass is 19.4. The zero-order chi connectivity index (χ0) is 17.2. The molecule has 1 atom stereocenters. The van der Waals surface area contributed by atoms with Gasteiger partial charge in [0.2, 0.25) is 5.88 Å². The number of halogens is 3. The zero-order valence-electron chi connectivity index (χ0n) is 12.8. The highest BCUT2D eigenvalue weighted by Gasteiger charge is 2.35. The van der Waals surface area contributed by atoms with Gasteiger partial charge in [0.15, 0.2) is 5.69 Å². The van der Waals surface area contributed by atoms with Crippen LogP contribution in [0.15, 0.2) is 28.8 Å². The molecular formula is C15H16F3N3O2. The van der Waals surface area contributed by atoms with Crippen molar-refractivity contribution in [1.82, 2.24) is 10.5 Å². The SMILES string of the molecule is Cc1ccc(C)c([C@@H](C)NC(=O)Nc2cc(C(F)(F)F)no2)c1. The van der Waals surface area contributed by atoms with Crippen molar-refractivity contribution < 1.29 is 22.5 Å². The Labute approximate surface area is 130 Å². The Kier molecular flexibility index (Phi) is 4.63. The molecule has 124 valence electrons. The number of amides is 2. The third-order valence-corrected chi connectivity index (χ3v) is 3.29. The first kappa shape index (κ1) is 16.9. The normalized spacial score (nSPS) is 12.8. The molecule has 0 radical (unpaired) electrons. The second-order valence-corrected chi connectivity index (χ2v) is 5.25. The van der Waals surface area contributed by atoms with E-state index in [9.17, 15) is 18.0 Å². The molecule has 0 aliphatic rings. The van der Waals surface area contributed by atoms with E-state index in [2.05, 4.69) is 20.3 Å². The van der Waals surface area contributed by atoms with Gasteiger partial charge in [-0.25, -0.2) is 4.79 Å². The molecule has 1 aromatic heterocycles. The topological polar surface area (TPSA) is 67.2 Å². The van der Waals surface area contributed by atoms with Gasteiger partial charge >= 0.3 is 12.2 Å². The lowest BCUT2D eigenvalue weighted by molar-refractivity contribution is -0.142. The third-order valence-electron chi connectivity index (χ3n) is 3.29. The minimum absolute atomic E-state index is 0.320. The number of carbonyl (C=O) groups excluding carboxylic acids is 1. The van der Waals surface area contributed by atoms with Crippen molar-refractivity contribution in [2.45, 2.75) is 33.0 Å². The summed E-state index contributed by atoms with van der Waals surface area (Å²) >= 11 is 0. The molecule has 2 amide bonds. The maximum atomic E-state index is 12.4. The molecule has 0 unspecified atom stereocenters. The van der Waals surface area contributed by atoms with E-state index in [0.717, 1.165) is 16.7 Å². The number of urea groups is 1. The minimum Gasteiger partial charge on any atom is -0.338 e. The molecule has 0 saturated carbocycles. The fraction of sp³-hybridized carbons (Fsp3) is 0.333. The number of aromatic nitrogens is 1. The Morgan fingerprint density at radius 3 is 2.57 bits per heavy atom. The van der Waals surface area contributed by atoms with Crippen LogP contribution in [0.3, 0.4) is 0 Å². The summed E-state index contributed by atoms with van der Waals surface area (Å²) < 4.78 is 41.7. The summed E-state index contributed by atoms with van der Waals surface area (Å²) in [4.78, 5) is 11.9. The first-order chi connectivity index (χ1) is 10.7. The minimum atomic E-state index is -4.62. The van der Waals surface area contributed by atoms with Crippen LogP contribution in [0.5, 0.6) is 0 Å². The van der Waals surface area contributed by atoms with Crippen molar-refractivity contribution in [3.05, 3.63) is 46.6 Å². The molecule has 0 fully saturated rings. The summed E-state index contributed by atoms with van der Waals surface area (Å²) in [5.74, 6) is -0.372. The zero-order valence-corrected chi connectivity index (χ0v) is 12.8. The fourth-order valence-corrected chi connectivity index (χ4v) is 2.12. The molecule has 0 spiro atoms. The summed E-state index contributed by atoms with van der Waals surface area (Å²) in [6, 6.07) is 5.47. The van der Waals surface area contributed by atoms with Crippen molar-refractivity contribution in [3.63, 3.8) is 0 Å². The summed E-state index contributed by atoms with van der Waals surface area (Å²) in [7, 11) is 0. The smallest absolute Gasteiger partial charge is 0.338 e. The van der Waals surface area contributed by atoms with Crippen molar-refractivity contribution >= 4 is 11.9 Å². The summed E-state index contributed by atoms with van der Waals surface area (Å²) in [6.45, 7) is 5.63. The van der Waals surface area contributed by atoms with E-state index in [0.29, 0.717) is 6.07 Å². The predicted octanol–water partition coefficient (Wildman–Crippen LogP) is 4.19. The van der Waals surface area contributed by atoms with Crippen LogP contribution in [-0.2, 0) is 6.18 Å². The van der Waals surface area contributed by atoms with Crippen molar-refractivity contribution in [2.24, 2.45) is 0 Å². The average molecular weight is 327 g/mol. The molecule has 1 heterocycles. The Morgan fingerprint density at radius 2 is 1.96 bits per heavy atom. The maximum Gasteiger partial charge on any atom is 0.436 e. The van der Waals surface area contributed by atoms with E-state index in [1.54, 1.807) is 6.92 Å². The monoisotopic (exact) mass is 327 g/mol. The van der Waals surface area contributed by atoms with Crippen LogP contribution in [0, 0.1) is 13.8 Å². The largest absolute Gasteiger partial charge is 0.436 e. The van der Waals surface area contributed by atoms with E-state index < -0.39 is 17.9 Å². The van der Waals surface area contributed by atoms with Crippen LogP contribution in [0.2, 0.25) is 0 Å². The number of rotatable bonds is 3. The molecule has 5 nitrogen and oxygen atoms in total. The number of nitrogens with zero attached hydrogens (tertiary/aromatic N) is 1. The van der Waals surface area contributed by atoms with Crippen molar-refractivity contribution in [2.75, 3.05) is 5.32 Å². The summed E-state index contributed by atoms with van der Waals surface area (Å²) in [6.07, 6.45) is -4.62. The molecular weight excluding hydrogens is 311 g/mol. The van der Waals surface area contributed by atoms with E-state index in [1.165, 1.54) is 0 Å². The first-order valence-electron chi connectivity index (χ1n) is 6.85. The Morgan fingerprint density at radius 1 is 1.26 bits per heavy atom. The lowest BCUT2D eigenvalue weighted by atomic mass is 10.0. The number of carbonyl (C=O) groups is 1. The van der Waals surface area contributed by atoms with E-state index in [-0.39, 0.29) is 11.9 Å². The average Bonchev–Trinajstić information content (AvgIpc) is 2.89. The number of hydrogen-bond acceptors (Lipinski definition) is 3. The Bertz CT molecular complexity index is 710. The predicted molar refractivity (Wildman–Crippen MR) is 78.0 cm³/mol. The quantitative estimate of drug-likeness (QED) is 0.888. The number of anilines is 1. The third kappa shape index (κ3) is 4.24. The van der Waals surface area contributed by atoms with E-state index in [1.807, 2.05) is 32.0 Å². The maximum absolute atomic E-state index is 12.4. The van der Waals surface area contributed by atoms with Crippen LogP contribution in [0.4, 0.5) is 23.8 Å². The van der Waals surface area contributed by atoms with Gasteiger partial charge in [0, 0.05) is 6.07 Å².